The van der Waals surface area contributed by atoms with Gasteiger partial charge in [-0.2, -0.15) is 0 Å². The molecule has 0 spiro atoms. The Morgan fingerprint density at radius 1 is 1.00 bits per heavy atom. The number of halogens is 4. The number of phenolic OH excluding ortho intramolecular Hbond substituents is 1. The Hall–Kier alpha value is -0.00688. The maximum atomic E-state index is 13.4. The normalized spacial score (nSPS) is 10.1. The van der Waals surface area contributed by atoms with Crippen molar-refractivity contribution in [1.29, 1.82) is 0 Å². The van der Waals surface area contributed by atoms with Gasteiger partial charge in [0.25, 0.3) is 0 Å². The summed E-state index contributed by atoms with van der Waals surface area (Å²) in [6.45, 7) is 0. The Morgan fingerprint density at radius 2 is 1.63 bits per heavy atom. The summed E-state index contributed by atoms with van der Waals surface area (Å²) in [6.07, 6.45) is 0. The first-order valence-corrected chi connectivity index (χ1v) is 12.4. The number of hydrogen-bond donors (Lipinski definition) is 1. The monoisotopic (exact) mass is 398 g/mol. The second kappa shape index (κ2) is 9.03. The van der Waals surface area contributed by atoms with Crippen molar-refractivity contribution in [2.75, 3.05) is 0 Å². The van der Waals surface area contributed by atoms with E-state index in [1.807, 2.05) is 0 Å². The van der Waals surface area contributed by atoms with Gasteiger partial charge in [0.05, 0.1) is 0 Å². The van der Waals surface area contributed by atoms with Crippen LogP contribution >= 0.6 is 25.6 Å². The van der Waals surface area contributed by atoms with Crippen molar-refractivity contribution in [2.24, 2.45) is 0 Å². The van der Waals surface area contributed by atoms with Crippen LogP contribution in [0.5, 0.6) is 5.75 Å². The Kier molecular flexibility index (Phi) is 8.10. The van der Waals surface area contributed by atoms with Gasteiger partial charge in [-0.3, -0.25) is 0 Å². The van der Waals surface area contributed by atoms with Gasteiger partial charge in [0, 0.05) is 16.7 Å². The molecule has 1 N–H and O–H groups in total. The Balaban J connectivity index is 0.000000550. The zero-order valence-electron chi connectivity index (χ0n) is 9.50. The van der Waals surface area contributed by atoms with Crippen molar-refractivity contribution in [1.82, 2.24) is 0 Å². The third-order valence-electron chi connectivity index (χ3n) is 2.10. The number of para-hydroxylation sites is 1. The predicted molar refractivity (Wildman–Crippen MR) is 73.8 cm³/mol. The molecular weight excluding hydrogens is 391 g/mol. The zero-order chi connectivity index (χ0) is 14.3. The molecule has 0 radical (unpaired) electrons. The zero-order valence-corrected chi connectivity index (χ0v) is 14.5. The van der Waals surface area contributed by atoms with Gasteiger partial charge in [-0.15, -0.1) is 0 Å². The molecule has 0 amide bonds. The van der Waals surface area contributed by atoms with Gasteiger partial charge < -0.3 is 5.11 Å². The molecule has 0 fully saturated rings. The van der Waals surface area contributed by atoms with Gasteiger partial charge in [0.15, 0.2) is 0 Å². The van der Waals surface area contributed by atoms with Crippen LogP contribution in [0.15, 0.2) is 42.5 Å². The molecule has 0 saturated carbocycles. The molecule has 0 bridgehead atoms. The molecule has 2 aromatic rings. The van der Waals surface area contributed by atoms with Crippen molar-refractivity contribution in [3.8, 4) is 5.75 Å². The van der Waals surface area contributed by atoms with Gasteiger partial charge >= 0.3 is 37.9 Å². The topological polar surface area (TPSA) is 20.2 Å². The van der Waals surface area contributed by atoms with Gasteiger partial charge in [-0.05, 0) is 18.2 Å². The Labute approximate surface area is 130 Å². The number of benzene rings is 2. The maximum absolute atomic E-state index is 13.4. The van der Waals surface area contributed by atoms with Crippen LogP contribution in [-0.4, -0.2) is 5.11 Å². The van der Waals surface area contributed by atoms with Crippen LogP contribution in [0.4, 0.5) is 8.78 Å². The van der Waals surface area contributed by atoms with E-state index in [-0.39, 0.29) is 14.3 Å². The molecule has 100 valence electrons. The number of rotatable bonds is 2. The van der Waals surface area contributed by atoms with Crippen molar-refractivity contribution < 1.29 is 34.7 Å². The van der Waals surface area contributed by atoms with Gasteiger partial charge in [-0.25, -0.2) is 8.78 Å². The molecule has 2 rings (SSSR count). The van der Waals surface area contributed by atoms with Crippen LogP contribution < -0.4 is 10.6 Å². The molecule has 1 nitrogen and oxygen atoms in total. The molecule has 0 aromatic heterocycles. The second-order valence-corrected chi connectivity index (χ2v) is 8.40. The minimum absolute atomic E-state index is 0.0209. The van der Waals surface area contributed by atoms with E-state index in [1.54, 1.807) is 24.3 Å². The summed E-state index contributed by atoms with van der Waals surface area (Å²) < 4.78 is 26.0. The first-order valence-electron chi connectivity index (χ1n) is 5.04. The molecule has 0 heterocycles. The second-order valence-electron chi connectivity index (χ2n) is 3.34. The van der Waals surface area contributed by atoms with Gasteiger partial charge in [-0.1, -0.05) is 26.8 Å². The summed E-state index contributed by atoms with van der Waals surface area (Å²) in [5, 5.41) is 10.6. The molecule has 7 heteroatoms. The van der Waals surface area contributed by atoms with E-state index < -0.39 is 32.5 Å². The number of aromatic hydroxyl groups is 1. The first-order chi connectivity index (χ1) is 9.08. The molecule has 0 aliphatic carbocycles. The molecule has 1 unspecified atom stereocenters. The summed E-state index contributed by atoms with van der Waals surface area (Å²) in [7, 11) is 9.85. The van der Waals surface area contributed by atoms with Gasteiger partial charge in [0.2, 0.25) is 0 Å². The van der Waals surface area contributed by atoms with Gasteiger partial charge in [0.1, 0.15) is 17.4 Å². The quantitative estimate of drug-likeness (QED) is 0.763. The minimum atomic E-state index is -0.826. The average molecular weight is 400 g/mol. The molecule has 1 atom stereocenters. The number of phenols is 1. The SMILES string of the molecule is Oc1ccccc1Pc1ccc(F)cc1F.[Cl][Zr][Cl]. The summed E-state index contributed by atoms with van der Waals surface area (Å²) in [5.74, 6) is -1.05. The third kappa shape index (κ3) is 5.87. The van der Waals surface area contributed by atoms with Crippen LogP contribution in [0.2, 0.25) is 0 Å². The molecule has 0 saturated heterocycles. The Bertz CT molecular complexity index is 543. The van der Waals surface area contributed by atoms with E-state index in [4.69, 9.17) is 17.0 Å². The average Bonchev–Trinajstić information content (AvgIpc) is 2.36. The fraction of sp³-hybridized carbons (Fsp3) is 0. The van der Waals surface area contributed by atoms with E-state index in [2.05, 4.69) is 0 Å². The van der Waals surface area contributed by atoms with Crippen molar-refractivity contribution >= 4 is 36.2 Å². The van der Waals surface area contributed by atoms with Crippen LogP contribution in [0, 0.1) is 11.6 Å². The molecule has 2 aromatic carbocycles. The van der Waals surface area contributed by atoms with Crippen LogP contribution in [0.25, 0.3) is 0 Å². The predicted octanol–water partition coefficient (Wildman–Crippen LogP) is 3.68. The van der Waals surface area contributed by atoms with Crippen LogP contribution in [0.1, 0.15) is 0 Å². The van der Waals surface area contributed by atoms with Crippen molar-refractivity contribution in [3.63, 3.8) is 0 Å². The molecular formula is C12H9Cl2F2OPZr. The van der Waals surface area contributed by atoms with E-state index in [1.165, 1.54) is 12.1 Å². The van der Waals surface area contributed by atoms with E-state index in [0.29, 0.717) is 10.6 Å². The first kappa shape index (κ1) is 17.0. The fourth-order valence-corrected chi connectivity index (χ4v) is 2.35. The standard InChI is InChI=1S/C12H9F2OP.2ClH.Zr/c13-8-5-6-11(9(14)7-8)16-12-4-2-1-3-10(12)15;;;/h1-7,15-16H;2*1H;/q;;;+2/p-2. The molecule has 0 aliphatic heterocycles. The summed E-state index contributed by atoms with van der Waals surface area (Å²) in [4.78, 5) is 0. The third-order valence-corrected chi connectivity index (χ3v) is 3.47. The van der Waals surface area contributed by atoms with E-state index >= 15 is 0 Å². The summed E-state index contributed by atoms with van der Waals surface area (Å²) in [6, 6.07) is 10.2. The fourth-order valence-electron chi connectivity index (χ4n) is 1.32. The number of hydrogen-bond acceptors (Lipinski definition) is 1. The van der Waals surface area contributed by atoms with Crippen LogP contribution in [-0.2, 0) is 20.8 Å². The van der Waals surface area contributed by atoms with Crippen molar-refractivity contribution in [2.45, 2.75) is 0 Å². The summed E-state index contributed by atoms with van der Waals surface area (Å²) >= 11 is -0.826. The van der Waals surface area contributed by atoms with E-state index in [9.17, 15) is 13.9 Å². The Morgan fingerprint density at radius 3 is 2.21 bits per heavy atom. The summed E-state index contributed by atoms with van der Waals surface area (Å²) in [5.41, 5.74) is 0. The molecule has 19 heavy (non-hydrogen) atoms. The van der Waals surface area contributed by atoms with Crippen LogP contribution in [0.3, 0.4) is 0 Å². The molecule has 0 aliphatic rings. The van der Waals surface area contributed by atoms with Crippen molar-refractivity contribution in [3.05, 3.63) is 54.1 Å². The van der Waals surface area contributed by atoms with E-state index in [0.717, 1.165) is 6.07 Å².